The maximum atomic E-state index is 5.63. The smallest absolute Gasteiger partial charge is 0.0951 e. The van der Waals surface area contributed by atoms with Gasteiger partial charge in [0.15, 0.2) is 0 Å². The van der Waals surface area contributed by atoms with Gasteiger partial charge in [-0.3, -0.25) is 0 Å². The number of rotatable bonds is 2. The highest BCUT2D eigenvalue weighted by molar-refractivity contribution is 6.16. The quantitative estimate of drug-likeness (QED) is 0.662. The Bertz CT molecular complexity index is 199. The summed E-state index contributed by atoms with van der Waals surface area (Å²) in [7, 11) is 0. The number of hydrogen-bond acceptors (Lipinski definition) is 1. The Labute approximate surface area is 78.0 Å². The fraction of sp³-hybridized carbons (Fsp3) is 0.571. The molecule has 0 amide bonds. The van der Waals surface area contributed by atoms with Crippen molar-refractivity contribution in [2.45, 2.75) is 26.3 Å². The van der Waals surface area contributed by atoms with Gasteiger partial charge in [0.25, 0.3) is 0 Å². The van der Waals surface area contributed by atoms with Gasteiger partial charge in [0.05, 0.1) is 17.9 Å². The summed E-state index contributed by atoms with van der Waals surface area (Å²) in [5.74, 6) is 0.513. The minimum Gasteiger partial charge on any atom is -0.335 e. The molecule has 2 nitrogen and oxygen atoms in total. The molecule has 0 aliphatic heterocycles. The molecule has 0 atom stereocenters. The Balaban J connectivity index is 0.000001000. The van der Waals surface area contributed by atoms with Crippen molar-refractivity contribution in [2.24, 2.45) is 0 Å². The molecule has 64 valence electrons. The van der Waals surface area contributed by atoms with E-state index in [1.807, 2.05) is 13.3 Å². The lowest BCUT2D eigenvalue weighted by molar-refractivity contribution is 0.736. The van der Waals surface area contributed by atoms with Crippen LogP contribution in [0.25, 0.3) is 0 Å². The van der Waals surface area contributed by atoms with Crippen molar-refractivity contribution in [3.8, 4) is 0 Å². The first-order valence-electron chi connectivity index (χ1n) is 3.36. The van der Waals surface area contributed by atoms with E-state index in [1.165, 1.54) is 5.69 Å². The van der Waals surface area contributed by atoms with Gasteiger partial charge in [-0.2, -0.15) is 0 Å². The summed E-state index contributed by atoms with van der Waals surface area (Å²) in [5, 5.41) is 0. The maximum Gasteiger partial charge on any atom is 0.0951 e. The zero-order valence-corrected chi connectivity index (χ0v) is 8.24. The first-order valence-corrected chi connectivity index (χ1v) is 3.89. The average molecular weight is 195 g/mol. The van der Waals surface area contributed by atoms with Crippen LogP contribution in [-0.2, 0) is 12.4 Å². The van der Waals surface area contributed by atoms with Gasteiger partial charge in [-0.15, -0.1) is 24.0 Å². The van der Waals surface area contributed by atoms with Crippen molar-refractivity contribution in [3.05, 3.63) is 17.7 Å². The van der Waals surface area contributed by atoms with Crippen molar-refractivity contribution in [2.75, 3.05) is 0 Å². The number of nitrogens with zero attached hydrogens (tertiary/aromatic N) is 2. The molecule has 0 saturated carbocycles. The number of halogens is 2. The standard InChI is InChI=1S/C7H11ClN2.ClH/c1-3-10-5-9-7(4-8)6(10)2;/h5H,3-4H2,1-2H3;1H. The molecule has 1 heterocycles. The van der Waals surface area contributed by atoms with Crippen LogP contribution in [0.15, 0.2) is 6.33 Å². The highest BCUT2D eigenvalue weighted by Crippen LogP contribution is 2.07. The van der Waals surface area contributed by atoms with E-state index in [0.29, 0.717) is 5.88 Å². The third-order valence-electron chi connectivity index (χ3n) is 1.67. The van der Waals surface area contributed by atoms with E-state index in [1.54, 1.807) is 0 Å². The van der Waals surface area contributed by atoms with Crippen LogP contribution < -0.4 is 0 Å². The Morgan fingerprint density at radius 3 is 2.55 bits per heavy atom. The molecule has 0 aliphatic carbocycles. The summed E-state index contributed by atoms with van der Waals surface area (Å²) in [4.78, 5) is 4.14. The predicted octanol–water partition coefficient (Wildman–Crippen LogP) is 2.37. The molecular formula is C7H12Cl2N2. The van der Waals surface area contributed by atoms with Gasteiger partial charge >= 0.3 is 0 Å². The third-order valence-corrected chi connectivity index (χ3v) is 1.92. The topological polar surface area (TPSA) is 17.8 Å². The lowest BCUT2D eigenvalue weighted by Crippen LogP contribution is -1.94. The fourth-order valence-corrected chi connectivity index (χ4v) is 1.20. The van der Waals surface area contributed by atoms with E-state index in [2.05, 4.69) is 16.5 Å². The second kappa shape index (κ2) is 4.62. The van der Waals surface area contributed by atoms with E-state index in [4.69, 9.17) is 11.6 Å². The Morgan fingerprint density at radius 1 is 1.64 bits per heavy atom. The van der Waals surface area contributed by atoms with Crippen LogP contribution in [0.3, 0.4) is 0 Å². The van der Waals surface area contributed by atoms with E-state index in [-0.39, 0.29) is 12.4 Å². The van der Waals surface area contributed by atoms with E-state index >= 15 is 0 Å². The highest BCUT2D eigenvalue weighted by atomic mass is 35.5. The van der Waals surface area contributed by atoms with Crippen LogP contribution in [-0.4, -0.2) is 9.55 Å². The molecule has 0 N–H and O–H groups in total. The number of alkyl halides is 1. The zero-order chi connectivity index (χ0) is 7.56. The molecule has 1 rings (SSSR count). The molecule has 0 fully saturated rings. The van der Waals surface area contributed by atoms with E-state index < -0.39 is 0 Å². The van der Waals surface area contributed by atoms with Crippen molar-refractivity contribution < 1.29 is 0 Å². The molecule has 1 aromatic heterocycles. The van der Waals surface area contributed by atoms with E-state index in [0.717, 1.165) is 12.2 Å². The van der Waals surface area contributed by atoms with Gasteiger partial charge in [0.2, 0.25) is 0 Å². The zero-order valence-electron chi connectivity index (χ0n) is 6.67. The predicted molar refractivity (Wildman–Crippen MR) is 49.4 cm³/mol. The first-order chi connectivity index (χ1) is 4.79. The SMILES string of the molecule is CCn1cnc(CCl)c1C.Cl. The molecule has 0 aliphatic rings. The second-order valence-electron chi connectivity index (χ2n) is 2.20. The average Bonchev–Trinajstić information content (AvgIpc) is 2.30. The fourth-order valence-electron chi connectivity index (χ4n) is 0.935. The molecule has 0 radical (unpaired) electrons. The minimum absolute atomic E-state index is 0. The summed E-state index contributed by atoms with van der Waals surface area (Å²) in [6, 6.07) is 0. The largest absolute Gasteiger partial charge is 0.335 e. The van der Waals surface area contributed by atoms with Crippen LogP contribution >= 0.6 is 24.0 Å². The van der Waals surface area contributed by atoms with Crippen molar-refractivity contribution >= 4 is 24.0 Å². The molecule has 0 unspecified atom stereocenters. The highest BCUT2D eigenvalue weighted by Gasteiger charge is 2.01. The van der Waals surface area contributed by atoms with Crippen LogP contribution in [0.2, 0.25) is 0 Å². The molecular weight excluding hydrogens is 183 g/mol. The van der Waals surface area contributed by atoms with Crippen molar-refractivity contribution in [1.82, 2.24) is 9.55 Å². The monoisotopic (exact) mass is 194 g/mol. The summed E-state index contributed by atoms with van der Waals surface area (Å²) in [6.07, 6.45) is 1.83. The molecule has 11 heavy (non-hydrogen) atoms. The van der Waals surface area contributed by atoms with Crippen molar-refractivity contribution in [3.63, 3.8) is 0 Å². The van der Waals surface area contributed by atoms with E-state index in [9.17, 15) is 0 Å². The van der Waals surface area contributed by atoms with Crippen LogP contribution in [0.4, 0.5) is 0 Å². The summed E-state index contributed by atoms with van der Waals surface area (Å²) in [5.41, 5.74) is 2.17. The van der Waals surface area contributed by atoms with Gasteiger partial charge < -0.3 is 4.57 Å². The molecule has 1 aromatic rings. The van der Waals surface area contributed by atoms with Crippen molar-refractivity contribution in [1.29, 1.82) is 0 Å². The Morgan fingerprint density at radius 2 is 2.27 bits per heavy atom. The Hall–Kier alpha value is -0.210. The number of aromatic nitrogens is 2. The summed E-state index contributed by atoms with van der Waals surface area (Å²) >= 11 is 5.63. The first kappa shape index (κ1) is 10.8. The number of hydrogen-bond donors (Lipinski definition) is 0. The van der Waals surface area contributed by atoms with Gasteiger partial charge in [-0.25, -0.2) is 4.98 Å². The minimum atomic E-state index is 0. The van der Waals surface area contributed by atoms with Crippen LogP contribution in [0, 0.1) is 6.92 Å². The van der Waals surface area contributed by atoms with Crippen LogP contribution in [0.1, 0.15) is 18.3 Å². The maximum absolute atomic E-state index is 5.63. The number of aryl methyl sites for hydroxylation is 1. The Kier molecular flexibility index (Phi) is 4.54. The summed E-state index contributed by atoms with van der Waals surface area (Å²) in [6.45, 7) is 5.09. The molecule has 0 spiro atoms. The molecule has 0 saturated heterocycles. The van der Waals surface area contributed by atoms with Gasteiger partial charge in [0, 0.05) is 12.2 Å². The van der Waals surface area contributed by atoms with Crippen LogP contribution in [0.5, 0.6) is 0 Å². The normalized spacial score (nSPS) is 9.36. The molecule has 0 aromatic carbocycles. The number of imidazole rings is 1. The third kappa shape index (κ3) is 2.11. The molecule has 0 bridgehead atoms. The van der Waals surface area contributed by atoms with Gasteiger partial charge in [-0.05, 0) is 13.8 Å². The lowest BCUT2D eigenvalue weighted by Gasteiger charge is -1.98. The second-order valence-corrected chi connectivity index (χ2v) is 2.46. The summed E-state index contributed by atoms with van der Waals surface area (Å²) < 4.78 is 2.08. The lowest BCUT2D eigenvalue weighted by atomic mass is 10.4. The van der Waals surface area contributed by atoms with Gasteiger partial charge in [-0.1, -0.05) is 0 Å². The van der Waals surface area contributed by atoms with Gasteiger partial charge in [0.1, 0.15) is 0 Å². The molecule has 4 heteroatoms.